The van der Waals surface area contributed by atoms with Crippen LogP contribution >= 0.6 is 11.6 Å². The standard InChI is InChI=1S/C16H17ClO3S/c1-3-21(18,19)15-7-4-12(5-8-15)16-9-6-14(17)10-13(16)11-20-2/h4-10H,3,11H2,1-2H3. The predicted octanol–water partition coefficient (Wildman–Crippen LogP) is 3.95. The van der Waals surface area contributed by atoms with Crippen molar-refractivity contribution >= 4 is 21.4 Å². The van der Waals surface area contributed by atoms with Crippen LogP contribution in [0.4, 0.5) is 0 Å². The number of sulfone groups is 1. The second kappa shape index (κ2) is 6.60. The van der Waals surface area contributed by atoms with Crippen LogP contribution in [0.3, 0.4) is 0 Å². The highest BCUT2D eigenvalue weighted by molar-refractivity contribution is 7.91. The first kappa shape index (κ1) is 16.0. The van der Waals surface area contributed by atoms with Gasteiger partial charge >= 0.3 is 0 Å². The fraction of sp³-hybridized carbons (Fsp3) is 0.250. The average Bonchev–Trinajstić information content (AvgIpc) is 2.48. The highest BCUT2D eigenvalue weighted by Crippen LogP contribution is 2.28. The van der Waals surface area contributed by atoms with Crippen LogP contribution in [-0.4, -0.2) is 21.3 Å². The second-order valence-electron chi connectivity index (χ2n) is 4.66. The molecule has 0 aromatic heterocycles. The van der Waals surface area contributed by atoms with E-state index in [0.29, 0.717) is 16.5 Å². The van der Waals surface area contributed by atoms with Crippen LogP contribution in [0.25, 0.3) is 11.1 Å². The van der Waals surface area contributed by atoms with Gasteiger partial charge in [0.1, 0.15) is 0 Å². The Morgan fingerprint density at radius 3 is 2.33 bits per heavy atom. The lowest BCUT2D eigenvalue weighted by Crippen LogP contribution is -2.03. The maximum Gasteiger partial charge on any atom is 0.178 e. The molecule has 0 aliphatic carbocycles. The first-order chi connectivity index (χ1) is 9.97. The van der Waals surface area contributed by atoms with E-state index < -0.39 is 9.84 Å². The summed E-state index contributed by atoms with van der Waals surface area (Å²) in [6.45, 7) is 2.09. The topological polar surface area (TPSA) is 43.4 Å². The van der Waals surface area contributed by atoms with Crippen molar-refractivity contribution in [2.24, 2.45) is 0 Å². The average molecular weight is 325 g/mol. The van der Waals surface area contributed by atoms with E-state index >= 15 is 0 Å². The van der Waals surface area contributed by atoms with Crippen LogP contribution in [-0.2, 0) is 21.2 Å². The third kappa shape index (κ3) is 3.64. The number of halogens is 1. The summed E-state index contributed by atoms with van der Waals surface area (Å²) in [5.74, 6) is 0.0994. The van der Waals surface area contributed by atoms with E-state index in [1.165, 1.54) is 0 Å². The number of rotatable bonds is 5. The molecular weight excluding hydrogens is 308 g/mol. The third-order valence-electron chi connectivity index (χ3n) is 3.27. The van der Waals surface area contributed by atoms with Crippen LogP contribution in [0.15, 0.2) is 47.4 Å². The minimum atomic E-state index is -3.17. The van der Waals surface area contributed by atoms with Gasteiger partial charge in [-0.25, -0.2) is 8.42 Å². The van der Waals surface area contributed by atoms with Gasteiger partial charge in [-0.15, -0.1) is 0 Å². The summed E-state index contributed by atoms with van der Waals surface area (Å²) in [5, 5.41) is 0.649. The van der Waals surface area contributed by atoms with Crippen molar-refractivity contribution in [3.63, 3.8) is 0 Å². The van der Waals surface area contributed by atoms with E-state index in [1.807, 2.05) is 30.3 Å². The summed E-state index contributed by atoms with van der Waals surface area (Å²) in [4.78, 5) is 0.344. The molecule has 0 saturated carbocycles. The first-order valence-electron chi connectivity index (χ1n) is 6.58. The van der Waals surface area contributed by atoms with Crippen molar-refractivity contribution in [2.75, 3.05) is 12.9 Å². The number of hydrogen-bond acceptors (Lipinski definition) is 3. The Morgan fingerprint density at radius 2 is 1.76 bits per heavy atom. The normalized spacial score (nSPS) is 11.6. The summed E-state index contributed by atoms with van der Waals surface area (Å²) in [7, 11) is -1.54. The minimum Gasteiger partial charge on any atom is -0.380 e. The van der Waals surface area contributed by atoms with Gasteiger partial charge in [0.05, 0.1) is 17.3 Å². The molecule has 0 amide bonds. The molecule has 0 saturated heterocycles. The Kier molecular flexibility index (Phi) is 5.04. The van der Waals surface area contributed by atoms with Gasteiger partial charge in [-0.2, -0.15) is 0 Å². The molecule has 0 spiro atoms. The molecule has 0 N–H and O–H groups in total. The molecule has 5 heteroatoms. The SMILES string of the molecule is CCS(=O)(=O)c1ccc(-c2ccc(Cl)cc2COC)cc1. The highest BCUT2D eigenvalue weighted by atomic mass is 35.5. The Labute approximate surface area is 130 Å². The molecule has 0 bridgehead atoms. The van der Waals surface area contributed by atoms with E-state index in [0.717, 1.165) is 16.7 Å². The molecule has 0 aliphatic rings. The molecule has 112 valence electrons. The van der Waals surface area contributed by atoms with Gasteiger partial charge in [0, 0.05) is 12.1 Å². The molecule has 0 fully saturated rings. The zero-order valence-electron chi connectivity index (χ0n) is 12.0. The lowest BCUT2D eigenvalue weighted by molar-refractivity contribution is 0.185. The molecule has 0 radical (unpaired) electrons. The van der Waals surface area contributed by atoms with E-state index in [9.17, 15) is 8.42 Å². The van der Waals surface area contributed by atoms with E-state index in [2.05, 4.69) is 0 Å². The van der Waals surface area contributed by atoms with Crippen molar-refractivity contribution in [2.45, 2.75) is 18.4 Å². The molecule has 0 unspecified atom stereocenters. The van der Waals surface area contributed by atoms with Gasteiger partial charge in [-0.1, -0.05) is 36.7 Å². The first-order valence-corrected chi connectivity index (χ1v) is 8.61. The number of hydrogen-bond donors (Lipinski definition) is 0. The molecule has 0 heterocycles. The molecule has 0 aliphatic heterocycles. The molecule has 21 heavy (non-hydrogen) atoms. The Hall–Kier alpha value is -1.36. The summed E-state index contributed by atoms with van der Waals surface area (Å²) >= 11 is 6.01. The summed E-state index contributed by atoms with van der Waals surface area (Å²) < 4.78 is 28.8. The molecule has 3 nitrogen and oxygen atoms in total. The van der Waals surface area contributed by atoms with Gasteiger partial charge in [-0.05, 0) is 41.0 Å². The fourth-order valence-electron chi connectivity index (χ4n) is 2.13. The van der Waals surface area contributed by atoms with Crippen molar-refractivity contribution < 1.29 is 13.2 Å². The Balaban J connectivity index is 2.44. The molecule has 0 atom stereocenters. The van der Waals surface area contributed by atoms with Gasteiger partial charge in [0.25, 0.3) is 0 Å². The Morgan fingerprint density at radius 1 is 1.10 bits per heavy atom. The summed E-state index contributed by atoms with van der Waals surface area (Å²) in [5.41, 5.74) is 2.89. The summed E-state index contributed by atoms with van der Waals surface area (Å²) in [6.07, 6.45) is 0. The van der Waals surface area contributed by atoms with Crippen LogP contribution < -0.4 is 0 Å². The van der Waals surface area contributed by atoms with Crippen LogP contribution in [0, 0.1) is 0 Å². The maximum atomic E-state index is 11.8. The van der Waals surface area contributed by atoms with E-state index in [4.69, 9.17) is 16.3 Å². The predicted molar refractivity (Wildman–Crippen MR) is 85.3 cm³/mol. The van der Waals surface area contributed by atoms with Gasteiger partial charge in [0.15, 0.2) is 9.84 Å². The fourth-order valence-corrected chi connectivity index (χ4v) is 3.21. The minimum absolute atomic E-state index is 0.0994. The zero-order valence-corrected chi connectivity index (χ0v) is 13.5. The van der Waals surface area contributed by atoms with Crippen molar-refractivity contribution in [1.82, 2.24) is 0 Å². The Bertz CT molecular complexity index is 722. The monoisotopic (exact) mass is 324 g/mol. The van der Waals surface area contributed by atoms with E-state index in [1.54, 1.807) is 26.2 Å². The number of methoxy groups -OCH3 is 1. The maximum absolute atomic E-state index is 11.8. The van der Waals surface area contributed by atoms with Crippen LogP contribution in [0.5, 0.6) is 0 Å². The van der Waals surface area contributed by atoms with Crippen molar-refractivity contribution in [3.05, 3.63) is 53.1 Å². The van der Waals surface area contributed by atoms with Crippen molar-refractivity contribution in [1.29, 1.82) is 0 Å². The van der Waals surface area contributed by atoms with Gasteiger partial charge < -0.3 is 4.74 Å². The second-order valence-corrected chi connectivity index (χ2v) is 7.38. The number of benzene rings is 2. The van der Waals surface area contributed by atoms with Gasteiger partial charge in [-0.3, -0.25) is 0 Å². The van der Waals surface area contributed by atoms with Crippen molar-refractivity contribution in [3.8, 4) is 11.1 Å². The third-order valence-corrected chi connectivity index (χ3v) is 5.26. The molecular formula is C16H17ClO3S. The molecule has 2 aromatic rings. The lowest BCUT2D eigenvalue weighted by atomic mass is 10.0. The van der Waals surface area contributed by atoms with E-state index in [-0.39, 0.29) is 5.75 Å². The zero-order chi connectivity index (χ0) is 15.5. The van der Waals surface area contributed by atoms with Crippen LogP contribution in [0.2, 0.25) is 5.02 Å². The molecule has 2 rings (SSSR count). The van der Waals surface area contributed by atoms with Gasteiger partial charge in [0.2, 0.25) is 0 Å². The van der Waals surface area contributed by atoms with Crippen LogP contribution in [0.1, 0.15) is 12.5 Å². The molecule has 2 aromatic carbocycles. The largest absolute Gasteiger partial charge is 0.380 e. The summed E-state index contributed by atoms with van der Waals surface area (Å²) in [6, 6.07) is 12.5. The smallest absolute Gasteiger partial charge is 0.178 e. The quantitative estimate of drug-likeness (QED) is 0.836. The number of ether oxygens (including phenoxy) is 1. The highest BCUT2D eigenvalue weighted by Gasteiger charge is 2.12. The lowest BCUT2D eigenvalue weighted by Gasteiger charge is -2.10.